The molecule has 1 amide bonds. The summed E-state index contributed by atoms with van der Waals surface area (Å²) in [6, 6.07) is 2.55. The van der Waals surface area contributed by atoms with Crippen molar-refractivity contribution in [2.24, 2.45) is 5.41 Å². The van der Waals surface area contributed by atoms with E-state index in [0.717, 1.165) is 30.8 Å². The number of rotatable bonds is 2. The molecule has 6 nitrogen and oxygen atoms in total. The minimum absolute atomic E-state index is 0.431. The van der Waals surface area contributed by atoms with E-state index in [-0.39, 0.29) is 0 Å². The van der Waals surface area contributed by atoms with Gasteiger partial charge in [-0.25, -0.2) is 5.48 Å². The van der Waals surface area contributed by atoms with Crippen LogP contribution in [0.2, 0.25) is 0 Å². The fourth-order valence-electron chi connectivity index (χ4n) is 4.97. The van der Waals surface area contributed by atoms with E-state index in [4.69, 9.17) is 5.21 Å². The van der Waals surface area contributed by atoms with Crippen molar-refractivity contribution in [2.45, 2.75) is 51.1 Å². The summed E-state index contributed by atoms with van der Waals surface area (Å²) < 4.78 is 0. The van der Waals surface area contributed by atoms with Crippen molar-refractivity contribution in [3.05, 3.63) is 29.1 Å². The maximum Gasteiger partial charge on any atom is 0.276 e. The maximum absolute atomic E-state index is 11.6. The number of amides is 1. The van der Waals surface area contributed by atoms with Gasteiger partial charge in [-0.05, 0) is 75.7 Å². The summed E-state index contributed by atoms with van der Waals surface area (Å²) in [4.78, 5) is 21.1. The highest BCUT2D eigenvalue weighted by Crippen LogP contribution is 2.48. The zero-order chi connectivity index (χ0) is 17.4. The molecule has 2 N–H and O–H groups in total. The lowest BCUT2D eigenvalue weighted by atomic mass is 9.77. The van der Waals surface area contributed by atoms with Crippen LogP contribution in [0.1, 0.15) is 53.7 Å². The topological polar surface area (TPSA) is 68.7 Å². The number of carbonyl (C=O) groups is 1. The van der Waals surface area contributed by atoms with Crippen LogP contribution in [-0.4, -0.2) is 58.6 Å². The van der Waals surface area contributed by atoms with Gasteiger partial charge in [0.15, 0.2) is 0 Å². The molecule has 2 fully saturated rings. The Morgan fingerprint density at radius 1 is 1.32 bits per heavy atom. The zero-order valence-corrected chi connectivity index (χ0v) is 15.0. The molecule has 0 radical (unpaired) electrons. The normalized spacial score (nSPS) is 26.6. The highest BCUT2D eigenvalue weighted by atomic mass is 16.5. The number of aromatic nitrogens is 1. The van der Waals surface area contributed by atoms with Crippen LogP contribution in [0.4, 0.5) is 0 Å². The molecule has 2 aliphatic heterocycles. The third kappa shape index (κ3) is 3.30. The largest absolute Gasteiger partial charge is 0.306 e. The van der Waals surface area contributed by atoms with Crippen LogP contribution in [-0.2, 0) is 13.0 Å². The SMILES string of the molecule is CN1CCC2(CC[C@H](N3CCc4cc(C(=O)NO)cnc4C3)C2)CC1. The van der Waals surface area contributed by atoms with E-state index in [1.807, 2.05) is 6.07 Å². The molecule has 0 unspecified atom stereocenters. The monoisotopic (exact) mass is 344 g/mol. The van der Waals surface area contributed by atoms with Crippen LogP contribution < -0.4 is 5.48 Å². The highest BCUT2D eigenvalue weighted by molar-refractivity contribution is 5.93. The average molecular weight is 344 g/mol. The molecule has 1 aliphatic carbocycles. The zero-order valence-electron chi connectivity index (χ0n) is 15.0. The quantitative estimate of drug-likeness (QED) is 0.633. The van der Waals surface area contributed by atoms with Crippen molar-refractivity contribution < 1.29 is 10.0 Å². The van der Waals surface area contributed by atoms with Crippen molar-refractivity contribution in [3.63, 3.8) is 0 Å². The molecule has 1 saturated carbocycles. The third-order valence-electron chi connectivity index (χ3n) is 6.69. The predicted octanol–water partition coefficient (Wildman–Crippen LogP) is 1.82. The van der Waals surface area contributed by atoms with Gasteiger partial charge in [0.2, 0.25) is 0 Å². The van der Waals surface area contributed by atoms with Gasteiger partial charge < -0.3 is 4.90 Å². The van der Waals surface area contributed by atoms with Crippen molar-refractivity contribution in [1.29, 1.82) is 0 Å². The van der Waals surface area contributed by atoms with Crippen molar-refractivity contribution in [1.82, 2.24) is 20.3 Å². The van der Waals surface area contributed by atoms with Gasteiger partial charge >= 0.3 is 0 Å². The molecule has 3 heterocycles. The molecule has 1 aromatic rings. The standard InChI is InChI=1S/C19H28N4O2/c1-22-8-5-19(6-9-22)4-2-16(11-19)23-7-3-14-10-15(18(24)21-25)12-20-17(14)13-23/h10,12,16,25H,2-9,11,13H2,1H3,(H,21,24)/t16-/m0/s1. The summed E-state index contributed by atoms with van der Waals surface area (Å²) in [5.74, 6) is -0.488. The molecule has 136 valence electrons. The third-order valence-corrected chi connectivity index (χ3v) is 6.69. The average Bonchev–Trinajstić information content (AvgIpc) is 3.07. The number of fused-ring (bicyclic) bond motifs is 1. The van der Waals surface area contributed by atoms with Gasteiger partial charge in [-0.2, -0.15) is 0 Å². The summed E-state index contributed by atoms with van der Waals surface area (Å²) in [7, 11) is 2.23. The minimum Gasteiger partial charge on any atom is -0.306 e. The van der Waals surface area contributed by atoms with Gasteiger partial charge in [0.05, 0.1) is 11.3 Å². The van der Waals surface area contributed by atoms with Gasteiger partial charge in [-0.15, -0.1) is 0 Å². The second-order valence-electron chi connectivity index (χ2n) is 8.19. The molecule has 0 aromatic carbocycles. The van der Waals surface area contributed by atoms with Gasteiger partial charge in [0.1, 0.15) is 0 Å². The number of pyridine rings is 1. The number of carbonyl (C=O) groups excluding carboxylic acids is 1. The van der Waals surface area contributed by atoms with Crippen molar-refractivity contribution in [3.8, 4) is 0 Å². The van der Waals surface area contributed by atoms with E-state index in [1.165, 1.54) is 45.2 Å². The predicted molar refractivity (Wildman–Crippen MR) is 94.4 cm³/mol. The van der Waals surface area contributed by atoms with E-state index in [1.54, 1.807) is 11.7 Å². The molecular formula is C19H28N4O2. The van der Waals surface area contributed by atoms with E-state index >= 15 is 0 Å². The Kier molecular flexibility index (Phi) is 4.52. The Bertz CT molecular complexity index is 655. The molecular weight excluding hydrogens is 316 g/mol. The first kappa shape index (κ1) is 16.9. The number of nitrogens with zero attached hydrogens (tertiary/aromatic N) is 3. The summed E-state index contributed by atoms with van der Waals surface area (Å²) in [6.45, 7) is 4.41. The molecule has 4 rings (SSSR count). The molecule has 1 aromatic heterocycles. The van der Waals surface area contributed by atoms with E-state index in [9.17, 15) is 4.79 Å². The number of hydroxylamine groups is 1. The molecule has 1 spiro atoms. The molecule has 25 heavy (non-hydrogen) atoms. The first-order valence-electron chi connectivity index (χ1n) is 9.43. The number of likely N-dealkylation sites (tertiary alicyclic amines) is 1. The summed E-state index contributed by atoms with van der Waals surface area (Å²) in [5, 5.41) is 8.78. The van der Waals surface area contributed by atoms with Crippen molar-refractivity contribution in [2.75, 3.05) is 26.7 Å². The lowest BCUT2D eigenvalue weighted by Crippen LogP contribution is -2.41. The van der Waals surface area contributed by atoms with E-state index in [2.05, 4.69) is 21.8 Å². The Hall–Kier alpha value is -1.50. The van der Waals surface area contributed by atoms with E-state index in [0.29, 0.717) is 17.0 Å². The maximum atomic E-state index is 11.6. The number of piperidine rings is 1. The Balaban J connectivity index is 1.42. The molecule has 6 heteroatoms. The molecule has 0 bridgehead atoms. The van der Waals surface area contributed by atoms with Crippen LogP contribution in [0.3, 0.4) is 0 Å². The first-order chi connectivity index (χ1) is 12.1. The fraction of sp³-hybridized carbons (Fsp3) is 0.684. The molecule has 1 atom stereocenters. The van der Waals surface area contributed by atoms with Gasteiger partial charge in [0, 0.05) is 25.3 Å². The number of hydrogen-bond donors (Lipinski definition) is 2. The Morgan fingerprint density at radius 3 is 2.88 bits per heavy atom. The highest BCUT2D eigenvalue weighted by Gasteiger charge is 2.43. The summed E-state index contributed by atoms with van der Waals surface area (Å²) in [5.41, 5.74) is 4.92. The summed E-state index contributed by atoms with van der Waals surface area (Å²) >= 11 is 0. The lowest BCUT2D eigenvalue weighted by molar-refractivity contribution is 0.0705. The van der Waals surface area contributed by atoms with Crippen LogP contribution >= 0.6 is 0 Å². The second kappa shape index (κ2) is 6.67. The Morgan fingerprint density at radius 2 is 2.12 bits per heavy atom. The summed E-state index contributed by atoms with van der Waals surface area (Å²) in [6.07, 6.45) is 9.22. The van der Waals surface area contributed by atoms with Crippen molar-refractivity contribution >= 4 is 5.91 Å². The molecule has 3 aliphatic rings. The van der Waals surface area contributed by atoms with Crippen LogP contribution in [0.5, 0.6) is 0 Å². The van der Waals surface area contributed by atoms with Gasteiger partial charge in [-0.3, -0.25) is 19.9 Å². The number of hydrogen-bond acceptors (Lipinski definition) is 5. The van der Waals surface area contributed by atoms with E-state index < -0.39 is 5.91 Å². The molecule has 1 saturated heterocycles. The smallest absolute Gasteiger partial charge is 0.276 e. The first-order valence-corrected chi connectivity index (χ1v) is 9.43. The van der Waals surface area contributed by atoms with Gasteiger partial charge in [0.25, 0.3) is 5.91 Å². The second-order valence-corrected chi connectivity index (χ2v) is 8.19. The number of nitrogens with one attached hydrogen (secondary N) is 1. The Labute approximate surface area is 149 Å². The van der Waals surface area contributed by atoms with Crippen LogP contribution in [0.15, 0.2) is 12.3 Å². The minimum atomic E-state index is -0.488. The van der Waals surface area contributed by atoms with Crippen LogP contribution in [0.25, 0.3) is 0 Å². The van der Waals surface area contributed by atoms with Gasteiger partial charge in [-0.1, -0.05) is 0 Å². The van der Waals surface area contributed by atoms with Crippen LogP contribution in [0, 0.1) is 5.41 Å². The lowest BCUT2D eigenvalue weighted by Gasteiger charge is -2.39. The fourth-order valence-corrected chi connectivity index (χ4v) is 4.97.